The van der Waals surface area contributed by atoms with Crippen LogP contribution in [-0.4, -0.2) is 14.4 Å². The zero-order valence-corrected chi connectivity index (χ0v) is 35.7. The van der Waals surface area contributed by atoms with Crippen LogP contribution in [0.4, 0.5) is 0 Å². The van der Waals surface area contributed by atoms with Gasteiger partial charge in [-0.05, 0) is 91.9 Å². The third-order valence-electron chi connectivity index (χ3n) is 13.5. The quantitative estimate of drug-likeness (QED) is 0.174. The molecule has 1 aliphatic rings. The molecular formula is C59H45N3. The summed E-state index contributed by atoms with van der Waals surface area (Å²) < 4.78 is 2.51. The van der Waals surface area contributed by atoms with E-state index in [0.29, 0.717) is 0 Å². The van der Waals surface area contributed by atoms with Gasteiger partial charge in [0.15, 0.2) is 5.82 Å². The van der Waals surface area contributed by atoms with Gasteiger partial charge < -0.3 is 4.40 Å². The summed E-state index contributed by atoms with van der Waals surface area (Å²) in [7, 11) is 0. The van der Waals surface area contributed by atoms with Gasteiger partial charge in [0.25, 0.3) is 0 Å². The van der Waals surface area contributed by atoms with Crippen LogP contribution in [0.5, 0.6) is 0 Å². The SMILES string of the molecule is CC(C)(C)c1ccc2c3cccc4c5ccc(-c6cccc(-c7ccc8c(c7)-c7cc(-c9nc(-c%10ccccc%10)cc(-c%10ccccc%10)n9)ccc7C8(C)C)c6)cc5n(c2c1)c43. The van der Waals surface area contributed by atoms with Gasteiger partial charge >= 0.3 is 0 Å². The van der Waals surface area contributed by atoms with E-state index in [9.17, 15) is 0 Å². The molecule has 0 aliphatic heterocycles. The Morgan fingerprint density at radius 1 is 0.403 bits per heavy atom. The van der Waals surface area contributed by atoms with E-state index in [2.05, 4.69) is 209 Å². The third kappa shape index (κ3) is 5.58. The van der Waals surface area contributed by atoms with Crippen molar-refractivity contribution in [2.45, 2.75) is 45.4 Å². The molecule has 0 N–H and O–H groups in total. The fraction of sp³-hybridized carbons (Fsp3) is 0.119. The minimum Gasteiger partial charge on any atom is -0.308 e. The Bertz CT molecular complexity index is 3510. The molecule has 3 nitrogen and oxygen atoms in total. The van der Waals surface area contributed by atoms with Crippen LogP contribution in [0.2, 0.25) is 0 Å². The molecule has 3 heteroatoms. The molecule has 296 valence electrons. The summed E-state index contributed by atoms with van der Waals surface area (Å²) in [4.78, 5) is 10.4. The van der Waals surface area contributed by atoms with Gasteiger partial charge in [0.05, 0.1) is 27.9 Å². The molecule has 0 amide bonds. The zero-order chi connectivity index (χ0) is 41.9. The summed E-state index contributed by atoms with van der Waals surface area (Å²) in [5, 5.41) is 5.23. The molecule has 0 fully saturated rings. The van der Waals surface area contributed by atoms with Crippen LogP contribution < -0.4 is 0 Å². The number of fused-ring (bicyclic) bond motifs is 9. The molecule has 0 saturated carbocycles. The monoisotopic (exact) mass is 795 g/mol. The highest BCUT2D eigenvalue weighted by Gasteiger charge is 2.36. The van der Waals surface area contributed by atoms with Crippen molar-refractivity contribution in [1.82, 2.24) is 14.4 Å². The molecule has 0 radical (unpaired) electrons. The summed E-state index contributed by atoms with van der Waals surface area (Å²) in [5.41, 5.74) is 20.1. The molecule has 0 bridgehead atoms. The van der Waals surface area contributed by atoms with E-state index in [1.807, 2.05) is 12.1 Å². The highest BCUT2D eigenvalue weighted by molar-refractivity contribution is 6.23. The molecule has 11 aromatic rings. The third-order valence-corrected chi connectivity index (χ3v) is 13.5. The first-order valence-electron chi connectivity index (χ1n) is 21.7. The summed E-state index contributed by atoms with van der Waals surface area (Å²) in [6.45, 7) is 11.6. The van der Waals surface area contributed by atoms with Crippen LogP contribution >= 0.6 is 0 Å². The van der Waals surface area contributed by atoms with Gasteiger partial charge in [0.2, 0.25) is 0 Å². The van der Waals surface area contributed by atoms with Crippen molar-refractivity contribution in [3.63, 3.8) is 0 Å². The molecule has 62 heavy (non-hydrogen) atoms. The molecule has 3 heterocycles. The molecule has 12 rings (SSSR count). The number of para-hydroxylation sites is 1. The molecule has 0 spiro atoms. The summed E-state index contributed by atoms with van der Waals surface area (Å²) in [6, 6.07) is 66.7. The second kappa shape index (κ2) is 13.3. The molecule has 0 unspecified atom stereocenters. The fourth-order valence-corrected chi connectivity index (χ4v) is 10.2. The average Bonchev–Trinajstić information content (AvgIpc) is 3.90. The van der Waals surface area contributed by atoms with Crippen LogP contribution in [0.3, 0.4) is 0 Å². The number of rotatable bonds is 5. The van der Waals surface area contributed by atoms with Gasteiger partial charge in [0.1, 0.15) is 0 Å². The second-order valence-corrected chi connectivity index (χ2v) is 18.7. The van der Waals surface area contributed by atoms with E-state index >= 15 is 0 Å². The average molecular weight is 796 g/mol. The topological polar surface area (TPSA) is 30.2 Å². The number of benzene rings is 8. The number of hydrogen-bond acceptors (Lipinski definition) is 2. The highest BCUT2D eigenvalue weighted by atomic mass is 14.9. The lowest BCUT2D eigenvalue weighted by Gasteiger charge is -2.21. The largest absolute Gasteiger partial charge is 0.308 e. The van der Waals surface area contributed by atoms with Gasteiger partial charge in [-0.25, -0.2) is 9.97 Å². The lowest BCUT2D eigenvalue weighted by atomic mass is 9.82. The first kappa shape index (κ1) is 36.5. The van der Waals surface area contributed by atoms with E-state index in [4.69, 9.17) is 9.97 Å². The van der Waals surface area contributed by atoms with E-state index < -0.39 is 0 Å². The predicted octanol–water partition coefficient (Wildman–Crippen LogP) is 15.6. The first-order chi connectivity index (χ1) is 30.1. The van der Waals surface area contributed by atoms with Crippen LogP contribution in [0, 0.1) is 0 Å². The Balaban J connectivity index is 0.958. The van der Waals surface area contributed by atoms with Crippen molar-refractivity contribution in [2.75, 3.05) is 0 Å². The summed E-state index contributed by atoms with van der Waals surface area (Å²) in [5.74, 6) is 0.726. The Labute approximate surface area is 362 Å². The van der Waals surface area contributed by atoms with Crippen LogP contribution in [0.25, 0.3) is 105 Å². The van der Waals surface area contributed by atoms with Crippen molar-refractivity contribution >= 4 is 38.1 Å². The zero-order valence-electron chi connectivity index (χ0n) is 35.7. The molecule has 8 aromatic carbocycles. The van der Waals surface area contributed by atoms with Crippen molar-refractivity contribution < 1.29 is 0 Å². The fourth-order valence-electron chi connectivity index (χ4n) is 10.2. The molecule has 0 atom stereocenters. The molecule has 1 aliphatic carbocycles. The van der Waals surface area contributed by atoms with Crippen molar-refractivity contribution in [3.8, 4) is 67.3 Å². The van der Waals surface area contributed by atoms with Gasteiger partial charge in [-0.2, -0.15) is 0 Å². The summed E-state index contributed by atoms with van der Waals surface area (Å²) in [6.07, 6.45) is 0. The second-order valence-electron chi connectivity index (χ2n) is 18.7. The smallest absolute Gasteiger partial charge is 0.160 e. The molecular weight excluding hydrogens is 751 g/mol. The van der Waals surface area contributed by atoms with Gasteiger partial charge in [0, 0.05) is 43.7 Å². The maximum Gasteiger partial charge on any atom is 0.160 e. The lowest BCUT2D eigenvalue weighted by Crippen LogP contribution is -2.14. The van der Waals surface area contributed by atoms with Gasteiger partial charge in [-0.3, -0.25) is 0 Å². The van der Waals surface area contributed by atoms with Crippen molar-refractivity contribution in [2.24, 2.45) is 0 Å². The Hall–Kier alpha value is -7.36. The Morgan fingerprint density at radius 2 is 0.887 bits per heavy atom. The van der Waals surface area contributed by atoms with E-state index in [1.165, 1.54) is 88.2 Å². The number of nitrogens with zero attached hydrogens (tertiary/aromatic N) is 3. The minimum absolute atomic E-state index is 0.0602. The maximum absolute atomic E-state index is 5.18. The Morgan fingerprint density at radius 3 is 1.50 bits per heavy atom. The van der Waals surface area contributed by atoms with Crippen LogP contribution in [0.1, 0.15) is 51.3 Å². The highest BCUT2D eigenvalue weighted by Crippen LogP contribution is 2.51. The number of hydrogen-bond donors (Lipinski definition) is 0. The van der Waals surface area contributed by atoms with Crippen molar-refractivity contribution in [1.29, 1.82) is 0 Å². The normalized spacial score (nSPS) is 13.4. The van der Waals surface area contributed by atoms with Crippen molar-refractivity contribution in [3.05, 3.63) is 199 Å². The molecule has 0 saturated heterocycles. The number of aromatic nitrogens is 3. The van der Waals surface area contributed by atoms with Crippen LogP contribution in [-0.2, 0) is 10.8 Å². The van der Waals surface area contributed by atoms with E-state index in [-0.39, 0.29) is 10.8 Å². The predicted molar refractivity (Wildman–Crippen MR) is 260 cm³/mol. The first-order valence-corrected chi connectivity index (χ1v) is 21.7. The van der Waals surface area contributed by atoms with Gasteiger partial charge in [-0.1, -0.05) is 180 Å². The standard InChI is InChI=1S/C59H45N3/c1-58(2,3)43-25-27-45-47-21-13-20-46-44-26-22-41(33-54(44)62(56(46)47)55(45)34-43)39-19-12-18-38(30-39)40-23-28-50-48(31-40)49-32-42(24-29-51(49)59(50,4)5)57-60-52(36-14-8-6-9-15-36)35-53(61-57)37-16-10-7-11-17-37/h6-35H,1-5H3. The summed E-state index contributed by atoms with van der Waals surface area (Å²) >= 11 is 0. The Kier molecular flexibility index (Phi) is 7.84. The lowest BCUT2D eigenvalue weighted by molar-refractivity contribution is 0.591. The molecule has 3 aromatic heterocycles. The maximum atomic E-state index is 5.18. The van der Waals surface area contributed by atoms with E-state index in [1.54, 1.807) is 0 Å². The van der Waals surface area contributed by atoms with Gasteiger partial charge in [-0.15, -0.1) is 0 Å². The minimum atomic E-state index is -0.144. The van der Waals surface area contributed by atoms with E-state index in [0.717, 1.165) is 33.9 Å². The van der Waals surface area contributed by atoms with Crippen LogP contribution in [0.15, 0.2) is 182 Å².